The van der Waals surface area contributed by atoms with Crippen LogP contribution in [0.3, 0.4) is 0 Å². The summed E-state index contributed by atoms with van der Waals surface area (Å²) < 4.78 is 37.3. The van der Waals surface area contributed by atoms with Crippen LogP contribution in [-0.4, -0.2) is 49.2 Å². The Hall–Kier alpha value is -2.26. The summed E-state index contributed by atoms with van der Waals surface area (Å²) in [5, 5.41) is 4.54. The van der Waals surface area contributed by atoms with Crippen molar-refractivity contribution in [1.82, 2.24) is 14.4 Å². The molecule has 0 atom stereocenters. The molecule has 0 N–H and O–H groups in total. The van der Waals surface area contributed by atoms with E-state index in [0.717, 1.165) is 0 Å². The van der Waals surface area contributed by atoms with Crippen molar-refractivity contribution in [3.05, 3.63) is 53.6 Å². The predicted octanol–water partition coefficient (Wildman–Crippen LogP) is 3.08. The van der Waals surface area contributed by atoms with Crippen LogP contribution in [0.2, 0.25) is 5.02 Å². The summed E-state index contributed by atoms with van der Waals surface area (Å²) in [6.07, 6.45) is 0. The molecule has 0 radical (unpaired) electrons. The number of hydrogen-bond donors (Lipinski definition) is 0. The minimum Gasteiger partial charge on any atom is -0.379 e. The third-order valence-corrected chi connectivity index (χ3v) is 6.37. The van der Waals surface area contributed by atoms with Gasteiger partial charge in [0.25, 0.3) is 5.89 Å². The SMILES string of the molecule is O=S(=O)(c1ccc(-c2noc(-c3cccc(Cl)c3)n2)cc1)N1CCOCC1. The van der Waals surface area contributed by atoms with Gasteiger partial charge in [0.15, 0.2) is 0 Å². The van der Waals surface area contributed by atoms with E-state index in [1.165, 1.54) is 4.31 Å². The summed E-state index contributed by atoms with van der Waals surface area (Å²) in [6.45, 7) is 1.54. The molecule has 0 amide bonds. The number of sulfonamides is 1. The molecule has 9 heteroatoms. The number of benzene rings is 2. The second-order valence-corrected chi connectivity index (χ2v) is 8.35. The van der Waals surface area contributed by atoms with Gasteiger partial charge in [-0.2, -0.15) is 9.29 Å². The summed E-state index contributed by atoms with van der Waals surface area (Å²) >= 11 is 5.98. The van der Waals surface area contributed by atoms with Gasteiger partial charge in [-0.05, 0) is 42.5 Å². The largest absolute Gasteiger partial charge is 0.379 e. The monoisotopic (exact) mass is 405 g/mol. The molecule has 3 aromatic rings. The molecular formula is C18H16ClN3O4S. The second kappa shape index (κ2) is 7.40. The van der Waals surface area contributed by atoms with Gasteiger partial charge in [-0.3, -0.25) is 0 Å². The maximum atomic E-state index is 12.7. The van der Waals surface area contributed by atoms with Crippen LogP contribution in [-0.2, 0) is 14.8 Å². The number of aromatic nitrogens is 2. The van der Waals surface area contributed by atoms with Gasteiger partial charge in [0, 0.05) is 29.2 Å². The molecule has 27 heavy (non-hydrogen) atoms. The van der Waals surface area contributed by atoms with E-state index >= 15 is 0 Å². The van der Waals surface area contributed by atoms with Crippen LogP contribution < -0.4 is 0 Å². The molecule has 0 spiro atoms. The molecule has 0 saturated carbocycles. The van der Waals surface area contributed by atoms with Crippen LogP contribution in [0.25, 0.3) is 22.8 Å². The predicted molar refractivity (Wildman–Crippen MR) is 99.8 cm³/mol. The van der Waals surface area contributed by atoms with Crippen molar-refractivity contribution >= 4 is 21.6 Å². The van der Waals surface area contributed by atoms with Crippen molar-refractivity contribution in [1.29, 1.82) is 0 Å². The van der Waals surface area contributed by atoms with Crippen molar-refractivity contribution in [2.75, 3.05) is 26.3 Å². The topological polar surface area (TPSA) is 85.5 Å². The number of halogens is 1. The number of ether oxygens (including phenoxy) is 1. The molecule has 140 valence electrons. The summed E-state index contributed by atoms with van der Waals surface area (Å²) in [4.78, 5) is 4.59. The zero-order valence-corrected chi connectivity index (χ0v) is 15.8. The van der Waals surface area contributed by atoms with Gasteiger partial charge in [0.2, 0.25) is 15.8 Å². The van der Waals surface area contributed by atoms with Gasteiger partial charge in [-0.25, -0.2) is 8.42 Å². The first kappa shape index (κ1) is 18.1. The van der Waals surface area contributed by atoms with Gasteiger partial charge in [-0.1, -0.05) is 22.8 Å². The van der Waals surface area contributed by atoms with Crippen molar-refractivity contribution in [2.24, 2.45) is 0 Å². The van der Waals surface area contributed by atoms with E-state index < -0.39 is 10.0 Å². The first-order valence-electron chi connectivity index (χ1n) is 8.32. The van der Waals surface area contributed by atoms with Crippen molar-refractivity contribution in [3.63, 3.8) is 0 Å². The van der Waals surface area contributed by atoms with E-state index in [9.17, 15) is 8.42 Å². The highest BCUT2D eigenvalue weighted by atomic mass is 35.5. The average molecular weight is 406 g/mol. The second-order valence-electron chi connectivity index (χ2n) is 5.97. The van der Waals surface area contributed by atoms with Crippen LogP contribution >= 0.6 is 11.6 Å². The number of hydrogen-bond acceptors (Lipinski definition) is 6. The molecule has 1 aliphatic rings. The van der Waals surface area contributed by atoms with Crippen molar-refractivity contribution in [2.45, 2.75) is 4.90 Å². The number of rotatable bonds is 4. The van der Waals surface area contributed by atoms with Crippen molar-refractivity contribution < 1.29 is 17.7 Å². The Labute approximate surface area is 161 Å². The summed E-state index contributed by atoms with van der Waals surface area (Å²) in [5.74, 6) is 0.720. The lowest BCUT2D eigenvalue weighted by Gasteiger charge is -2.26. The Balaban J connectivity index is 1.58. The zero-order valence-electron chi connectivity index (χ0n) is 14.2. The van der Waals surface area contributed by atoms with Crippen molar-refractivity contribution in [3.8, 4) is 22.8 Å². The average Bonchev–Trinajstić information content (AvgIpc) is 3.19. The highest BCUT2D eigenvalue weighted by molar-refractivity contribution is 7.89. The van der Waals surface area contributed by atoms with Gasteiger partial charge in [0.05, 0.1) is 18.1 Å². The lowest BCUT2D eigenvalue weighted by molar-refractivity contribution is 0.0730. The minimum atomic E-state index is -3.53. The van der Waals surface area contributed by atoms with E-state index in [1.54, 1.807) is 42.5 Å². The Morgan fingerprint density at radius 3 is 2.44 bits per heavy atom. The van der Waals surface area contributed by atoms with Gasteiger partial charge in [0.1, 0.15) is 0 Å². The first-order valence-corrected chi connectivity index (χ1v) is 10.1. The molecule has 7 nitrogen and oxygen atoms in total. The van der Waals surface area contributed by atoms with Crippen LogP contribution in [0.1, 0.15) is 0 Å². The van der Waals surface area contributed by atoms with Gasteiger partial charge >= 0.3 is 0 Å². The highest BCUT2D eigenvalue weighted by Crippen LogP contribution is 2.26. The lowest BCUT2D eigenvalue weighted by atomic mass is 10.2. The first-order chi connectivity index (χ1) is 13.0. The Bertz CT molecular complexity index is 1040. The standard InChI is InChI=1S/C18H16ClN3O4S/c19-15-3-1-2-14(12-15)18-20-17(21-26-18)13-4-6-16(7-5-13)27(23,24)22-8-10-25-11-9-22/h1-7,12H,8-11H2. The normalized spacial score (nSPS) is 15.7. The van der Waals surface area contributed by atoms with Crippen LogP contribution in [0.4, 0.5) is 0 Å². The molecule has 1 fully saturated rings. The van der Waals surface area contributed by atoms with E-state index in [2.05, 4.69) is 10.1 Å². The van der Waals surface area contributed by atoms with E-state index in [0.29, 0.717) is 54.2 Å². The number of nitrogens with zero attached hydrogens (tertiary/aromatic N) is 3. The van der Waals surface area contributed by atoms with Gasteiger partial charge in [-0.15, -0.1) is 0 Å². The maximum absolute atomic E-state index is 12.7. The third-order valence-electron chi connectivity index (χ3n) is 4.22. The smallest absolute Gasteiger partial charge is 0.258 e. The molecule has 1 aliphatic heterocycles. The fourth-order valence-corrected chi connectivity index (χ4v) is 4.39. The molecule has 1 aromatic heterocycles. The zero-order chi connectivity index (χ0) is 18.9. The fraction of sp³-hybridized carbons (Fsp3) is 0.222. The Morgan fingerprint density at radius 2 is 1.74 bits per heavy atom. The summed E-state index contributed by atoms with van der Waals surface area (Å²) in [7, 11) is -3.53. The van der Waals surface area contributed by atoms with Crippen LogP contribution in [0.15, 0.2) is 57.9 Å². The van der Waals surface area contributed by atoms with E-state index in [1.807, 2.05) is 6.07 Å². The number of morpholine rings is 1. The van der Waals surface area contributed by atoms with Gasteiger partial charge < -0.3 is 9.26 Å². The lowest BCUT2D eigenvalue weighted by Crippen LogP contribution is -2.40. The molecule has 0 aliphatic carbocycles. The molecule has 0 bridgehead atoms. The quantitative estimate of drug-likeness (QED) is 0.663. The van der Waals surface area contributed by atoms with Crippen LogP contribution in [0, 0.1) is 0 Å². The highest BCUT2D eigenvalue weighted by Gasteiger charge is 2.26. The Kier molecular flexibility index (Phi) is 4.96. The molecule has 2 heterocycles. The van der Waals surface area contributed by atoms with Crippen LogP contribution in [0.5, 0.6) is 0 Å². The third kappa shape index (κ3) is 3.74. The summed E-state index contributed by atoms with van der Waals surface area (Å²) in [6, 6.07) is 13.5. The minimum absolute atomic E-state index is 0.228. The molecular weight excluding hydrogens is 390 g/mol. The molecule has 2 aromatic carbocycles. The van der Waals surface area contributed by atoms with E-state index in [-0.39, 0.29) is 4.90 Å². The molecule has 4 rings (SSSR count). The maximum Gasteiger partial charge on any atom is 0.258 e. The molecule has 1 saturated heterocycles. The Morgan fingerprint density at radius 1 is 1.00 bits per heavy atom. The summed E-state index contributed by atoms with van der Waals surface area (Å²) in [5.41, 5.74) is 1.38. The fourth-order valence-electron chi connectivity index (χ4n) is 2.79. The molecule has 0 unspecified atom stereocenters. The van der Waals surface area contributed by atoms with E-state index in [4.69, 9.17) is 20.9 Å².